The Bertz CT molecular complexity index is 1240. The number of β-amino-alcohol motifs (C(OH)–C–C–N with tert-alkyl or cyclic N) is 1. The van der Waals surface area contributed by atoms with Crippen LogP contribution in [0.15, 0.2) is 5.10 Å². The first-order valence-corrected chi connectivity index (χ1v) is 16.6. The number of hydrogen-bond acceptors (Lipinski definition) is 11. The van der Waals surface area contributed by atoms with E-state index < -0.39 is 90.3 Å². The molecule has 3 heterocycles. The summed E-state index contributed by atoms with van der Waals surface area (Å²) < 4.78 is 5.43. The van der Waals surface area contributed by atoms with Crippen LogP contribution in [0.1, 0.15) is 85.5 Å². The van der Waals surface area contributed by atoms with E-state index in [1.165, 1.54) is 13.1 Å². The average Bonchev–Trinajstić information content (AvgIpc) is 3.04. The number of hydrogen-bond donors (Lipinski definition) is 6. The van der Waals surface area contributed by atoms with E-state index in [1.54, 1.807) is 0 Å². The maximum Gasteiger partial charge on any atom is 0.330 e. The lowest BCUT2D eigenvalue weighted by Crippen LogP contribution is -2.64. The number of ether oxygens (including phenoxy) is 1. The molecule has 6 N–H and O–H groups in total. The Kier molecular flexibility index (Phi) is 14.3. The van der Waals surface area contributed by atoms with Crippen LogP contribution in [0.25, 0.3) is 0 Å². The number of nitrogens with one attached hydrogen (secondary N) is 4. The highest BCUT2D eigenvalue weighted by Gasteiger charge is 2.42. The zero-order valence-electron chi connectivity index (χ0n) is 28.0. The van der Waals surface area contributed by atoms with Crippen molar-refractivity contribution in [1.29, 1.82) is 0 Å². The number of hydrazone groups is 1. The van der Waals surface area contributed by atoms with Gasteiger partial charge in [-0.2, -0.15) is 5.10 Å². The van der Waals surface area contributed by atoms with Crippen molar-refractivity contribution in [2.45, 2.75) is 122 Å². The van der Waals surface area contributed by atoms with Gasteiger partial charge in [-0.05, 0) is 38.5 Å². The van der Waals surface area contributed by atoms with E-state index in [4.69, 9.17) is 4.74 Å². The summed E-state index contributed by atoms with van der Waals surface area (Å²) in [6.07, 6.45) is 3.12. The van der Waals surface area contributed by atoms with Crippen LogP contribution in [-0.4, -0.2) is 117 Å². The molecular weight excluding hydrogens is 630 g/mol. The topological polar surface area (TPSA) is 236 Å². The average molecular weight is 680 g/mol. The minimum Gasteiger partial charge on any atom is -0.481 e. The van der Waals surface area contributed by atoms with E-state index in [2.05, 4.69) is 26.5 Å². The Labute approximate surface area is 279 Å². The number of fused-ring (bicyclic) bond motifs is 1. The van der Waals surface area contributed by atoms with Crippen molar-refractivity contribution >= 4 is 47.7 Å². The molecule has 268 valence electrons. The van der Waals surface area contributed by atoms with Crippen LogP contribution >= 0.6 is 0 Å². The Balaban J connectivity index is 1.86. The number of carbonyl (C=O) groups excluding carboxylic acids is 6. The predicted molar refractivity (Wildman–Crippen MR) is 169 cm³/mol. The van der Waals surface area contributed by atoms with Crippen molar-refractivity contribution in [3.05, 3.63) is 0 Å². The minimum absolute atomic E-state index is 0.0318. The fourth-order valence-electron chi connectivity index (χ4n) is 5.78. The highest BCUT2D eigenvalue weighted by Crippen LogP contribution is 2.21. The summed E-state index contributed by atoms with van der Waals surface area (Å²) in [6.45, 7) is 6.34. The molecule has 0 bridgehead atoms. The van der Waals surface area contributed by atoms with E-state index in [0.717, 1.165) is 22.9 Å². The van der Waals surface area contributed by atoms with E-state index >= 15 is 0 Å². The number of carbonyl (C=O) groups is 7. The first-order valence-electron chi connectivity index (χ1n) is 16.6. The van der Waals surface area contributed by atoms with Gasteiger partial charge in [-0.15, -0.1) is 0 Å². The predicted octanol–water partition coefficient (Wildman–Crippen LogP) is -0.822. The third-order valence-corrected chi connectivity index (χ3v) is 8.46. The van der Waals surface area contributed by atoms with Crippen LogP contribution in [-0.2, 0) is 38.3 Å². The quantitative estimate of drug-likeness (QED) is 0.117. The van der Waals surface area contributed by atoms with E-state index in [-0.39, 0.29) is 44.6 Å². The lowest BCUT2D eigenvalue weighted by molar-refractivity contribution is -0.165. The van der Waals surface area contributed by atoms with Gasteiger partial charge < -0.3 is 30.9 Å². The van der Waals surface area contributed by atoms with E-state index in [0.29, 0.717) is 12.8 Å². The summed E-state index contributed by atoms with van der Waals surface area (Å²) in [7, 11) is 0. The number of carboxylic acid groups (broad SMARTS) is 1. The van der Waals surface area contributed by atoms with Gasteiger partial charge in [-0.3, -0.25) is 33.8 Å². The molecule has 48 heavy (non-hydrogen) atoms. The molecule has 0 aliphatic carbocycles. The number of carboxylic acids is 1. The fourth-order valence-corrected chi connectivity index (χ4v) is 5.78. The Hall–Kier alpha value is -4.12. The molecule has 5 amide bonds. The van der Waals surface area contributed by atoms with Gasteiger partial charge >= 0.3 is 11.9 Å². The highest BCUT2D eigenvalue weighted by molar-refractivity contribution is 5.97. The van der Waals surface area contributed by atoms with Gasteiger partial charge in [-0.25, -0.2) is 15.2 Å². The fraction of sp³-hybridized carbons (Fsp3) is 0.742. The minimum atomic E-state index is -1.53. The third kappa shape index (κ3) is 10.4. The van der Waals surface area contributed by atoms with Gasteiger partial charge in [0.2, 0.25) is 23.6 Å². The number of rotatable bonds is 11. The number of nitrogens with zero attached hydrogens (tertiary/aromatic N) is 3. The van der Waals surface area contributed by atoms with E-state index in [1.807, 2.05) is 20.8 Å². The van der Waals surface area contributed by atoms with Crippen molar-refractivity contribution in [1.82, 2.24) is 31.4 Å². The summed E-state index contributed by atoms with van der Waals surface area (Å²) in [5, 5.41) is 33.6. The number of unbranched alkanes of at least 4 members (excludes halogenated alkanes) is 2. The molecule has 0 aromatic heterocycles. The first-order chi connectivity index (χ1) is 22.7. The van der Waals surface area contributed by atoms with Crippen LogP contribution in [0.3, 0.4) is 0 Å². The SMILES string of the molecule is CCCCC[C@H](CC(=O)N1N=CCC[C@@H]1C(=O)NC1COC(=O)[C@H]2C[C@@H](O)CNN2C(=O)[C@H](C)NC(=O)C(CC(C)C)NC1=O)C(=O)O. The van der Waals surface area contributed by atoms with Crippen molar-refractivity contribution in [2.75, 3.05) is 13.2 Å². The molecular formula is C31H49N7O10. The maximum atomic E-state index is 13.7. The number of esters is 1. The van der Waals surface area contributed by atoms with Gasteiger partial charge in [0.15, 0.2) is 0 Å². The van der Waals surface area contributed by atoms with Crippen LogP contribution in [0.5, 0.6) is 0 Å². The smallest absolute Gasteiger partial charge is 0.330 e. The maximum absolute atomic E-state index is 13.7. The number of amides is 5. The van der Waals surface area contributed by atoms with Crippen LogP contribution in [0.2, 0.25) is 0 Å². The summed E-state index contributed by atoms with van der Waals surface area (Å²) in [6, 6.07) is -6.25. The molecule has 0 aromatic carbocycles. The molecule has 17 heteroatoms. The number of hydrazine groups is 1. The molecule has 3 aliphatic rings. The first kappa shape index (κ1) is 38.3. The second-order valence-corrected chi connectivity index (χ2v) is 13.0. The Morgan fingerprint density at radius 2 is 1.85 bits per heavy atom. The molecule has 0 radical (unpaired) electrons. The van der Waals surface area contributed by atoms with Gasteiger partial charge in [0.1, 0.15) is 36.8 Å². The Morgan fingerprint density at radius 3 is 2.52 bits per heavy atom. The lowest BCUT2D eigenvalue weighted by atomic mass is 9.97. The molecule has 0 saturated carbocycles. The summed E-state index contributed by atoms with van der Waals surface area (Å²) in [5.41, 5.74) is 2.69. The molecule has 2 saturated heterocycles. The number of aliphatic hydroxyl groups excluding tert-OH is 1. The molecule has 0 spiro atoms. The van der Waals surface area contributed by atoms with Crippen molar-refractivity contribution < 1.29 is 48.5 Å². The van der Waals surface area contributed by atoms with Gasteiger partial charge in [0, 0.05) is 25.6 Å². The van der Waals surface area contributed by atoms with Crippen LogP contribution in [0.4, 0.5) is 0 Å². The second kappa shape index (κ2) is 17.9. The normalized spacial score (nSPS) is 27.8. The van der Waals surface area contributed by atoms with Gasteiger partial charge in [0.25, 0.3) is 5.91 Å². The molecule has 3 rings (SSSR count). The van der Waals surface area contributed by atoms with Crippen molar-refractivity contribution in [2.24, 2.45) is 16.9 Å². The zero-order chi connectivity index (χ0) is 35.5. The van der Waals surface area contributed by atoms with Crippen molar-refractivity contribution in [3.8, 4) is 0 Å². The second-order valence-electron chi connectivity index (χ2n) is 13.0. The van der Waals surface area contributed by atoms with Gasteiger partial charge in [0.05, 0.1) is 12.0 Å². The Morgan fingerprint density at radius 1 is 1.12 bits per heavy atom. The molecule has 7 atom stereocenters. The lowest BCUT2D eigenvalue weighted by Gasteiger charge is -2.38. The molecule has 0 aromatic rings. The number of aliphatic hydroxyl groups is 1. The molecule has 2 fully saturated rings. The van der Waals surface area contributed by atoms with Crippen LogP contribution < -0.4 is 21.4 Å². The molecule has 2 unspecified atom stereocenters. The summed E-state index contributed by atoms with van der Waals surface area (Å²) >= 11 is 0. The molecule has 17 nitrogen and oxygen atoms in total. The third-order valence-electron chi connectivity index (χ3n) is 8.46. The highest BCUT2D eigenvalue weighted by atomic mass is 16.5. The molecule has 3 aliphatic heterocycles. The summed E-state index contributed by atoms with van der Waals surface area (Å²) in [5.74, 6) is -6.76. The number of aliphatic carboxylic acids is 1. The van der Waals surface area contributed by atoms with Gasteiger partial charge in [-0.1, -0.05) is 40.0 Å². The monoisotopic (exact) mass is 679 g/mol. The largest absolute Gasteiger partial charge is 0.481 e. The van der Waals surface area contributed by atoms with Crippen molar-refractivity contribution in [3.63, 3.8) is 0 Å². The number of cyclic esters (lactones) is 1. The van der Waals surface area contributed by atoms with E-state index in [9.17, 15) is 43.8 Å². The zero-order valence-corrected chi connectivity index (χ0v) is 28.0. The van der Waals surface area contributed by atoms with Crippen LogP contribution in [0, 0.1) is 11.8 Å². The summed E-state index contributed by atoms with van der Waals surface area (Å²) in [4.78, 5) is 92.2. The standard InChI is InChI=1S/C31H49N7O10/c1-5-6-7-9-19(30(45)46)13-25(40)37-23(10-8-11-32-37)28(43)36-22-16-48-31(47)24-14-20(39)15-33-38(24)29(44)18(4)34-26(41)21(12-17(2)3)35-27(22)42/h11,17-24,33,39H,5-10,12-16H2,1-4H3,(H,34,41)(H,35,42)(H,36,43)(H,45,46)/t18-,19+,20+,21?,22?,23+,24+/m0/s1.